The molecule has 0 aliphatic carbocycles. The third kappa shape index (κ3) is 3.18. The monoisotopic (exact) mass is 338 g/mol. The maximum Gasteiger partial charge on any atom is 0.354 e. The number of benzene rings is 1. The molecule has 102 valence electrons. The molecule has 2 N–H and O–H groups in total. The van der Waals surface area contributed by atoms with Crippen molar-refractivity contribution in [1.29, 1.82) is 0 Å². The van der Waals surface area contributed by atoms with Crippen molar-refractivity contribution in [2.75, 3.05) is 5.32 Å². The van der Waals surface area contributed by atoms with E-state index in [2.05, 4.69) is 26.2 Å². The van der Waals surface area contributed by atoms with Gasteiger partial charge >= 0.3 is 5.97 Å². The molecule has 2 aromatic rings. The van der Waals surface area contributed by atoms with E-state index in [9.17, 15) is 14.0 Å². The maximum atomic E-state index is 13.6. The van der Waals surface area contributed by atoms with Crippen molar-refractivity contribution in [3.8, 4) is 0 Å². The number of nitrogens with zero attached hydrogens (tertiary/aromatic N) is 1. The molecule has 1 amide bonds. The molecule has 1 heterocycles. The molecule has 2 rings (SSSR count). The lowest BCUT2D eigenvalue weighted by Gasteiger charge is -2.06. The largest absolute Gasteiger partial charge is 0.477 e. The highest BCUT2D eigenvalue weighted by atomic mass is 79.9. The lowest BCUT2D eigenvalue weighted by molar-refractivity contribution is 0.0690. The number of carboxylic acid groups (broad SMARTS) is 1. The fourth-order valence-corrected chi connectivity index (χ4v) is 1.77. The van der Waals surface area contributed by atoms with E-state index in [-0.39, 0.29) is 16.9 Å². The summed E-state index contributed by atoms with van der Waals surface area (Å²) in [6, 6.07) is 6.74. The molecule has 0 fully saturated rings. The molecule has 0 atom stereocenters. The summed E-state index contributed by atoms with van der Waals surface area (Å²) in [5, 5.41) is 11.1. The van der Waals surface area contributed by atoms with Crippen molar-refractivity contribution in [2.24, 2.45) is 0 Å². The van der Waals surface area contributed by atoms with Gasteiger partial charge in [0.05, 0.1) is 11.3 Å². The third-order valence-corrected chi connectivity index (χ3v) is 2.92. The van der Waals surface area contributed by atoms with Crippen molar-refractivity contribution in [2.45, 2.75) is 0 Å². The van der Waals surface area contributed by atoms with Crippen LogP contribution in [0.4, 0.5) is 10.1 Å². The van der Waals surface area contributed by atoms with Gasteiger partial charge in [-0.15, -0.1) is 0 Å². The molecular formula is C13H8BrFN2O3. The lowest BCUT2D eigenvalue weighted by Crippen LogP contribution is -2.14. The van der Waals surface area contributed by atoms with Gasteiger partial charge in [-0.25, -0.2) is 14.2 Å². The van der Waals surface area contributed by atoms with Crippen molar-refractivity contribution in [1.82, 2.24) is 4.98 Å². The zero-order chi connectivity index (χ0) is 14.7. The first kappa shape index (κ1) is 14.1. The summed E-state index contributed by atoms with van der Waals surface area (Å²) in [5.74, 6) is -2.34. The topological polar surface area (TPSA) is 79.3 Å². The fraction of sp³-hybridized carbons (Fsp3) is 0. The summed E-state index contributed by atoms with van der Waals surface area (Å²) in [4.78, 5) is 26.1. The number of carboxylic acids is 1. The Morgan fingerprint density at radius 3 is 2.55 bits per heavy atom. The molecule has 0 unspecified atom stereocenters. The Bertz CT molecular complexity index is 674. The van der Waals surface area contributed by atoms with Gasteiger partial charge in [-0.3, -0.25) is 4.79 Å². The Kier molecular flexibility index (Phi) is 4.09. The summed E-state index contributed by atoms with van der Waals surface area (Å²) in [6.45, 7) is 0. The highest BCUT2D eigenvalue weighted by Gasteiger charge is 2.11. The van der Waals surface area contributed by atoms with Crippen LogP contribution in [-0.4, -0.2) is 22.0 Å². The second-order valence-corrected chi connectivity index (χ2v) is 4.73. The summed E-state index contributed by atoms with van der Waals surface area (Å²) in [5.41, 5.74) is -0.00537. The minimum Gasteiger partial charge on any atom is -0.477 e. The van der Waals surface area contributed by atoms with Crippen LogP contribution in [0.2, 0.25) is 0 Å². The number of aromatic carboxylic acids is 1. The molecule has 0 saturated carbocycles. The van der Waals surface area contributed by atoms with Crippen LogP contribution < -0.4 is 5.32 Å². The van der Waals surface area contributed by atoms with Crippen LogP contribution in [0.3, 0.4) is 0 Å². The van der Waals surface area contributed by atoms with Crippen LogP contribution in [0.5, 0.6) is 0 Å². The number of amides is 1. The number of aromatic nitrogens is 1. The van der Waals surface area contributed by atoms with Gasteiger partial charge in [0.15, 0.2) is 0 Å². The first-order valence-corrected chi connectivity index (χ1v) is 6.22. The van der Waals surface area contributed by atoms with Crippen LogP contribution in [0.1, 0.15) is 20.8 Å². The van der Waals surface area contributed by atoms with Gasteiger partial charge in [-0.1, -0.05) is 15.9 Å². The van der Waals surface area contributed by atoms with E-state index >= 15 is 0 Å². The van der Waals surface area contributed by atoms with E-state index in [1.165, 1.54) is 24.3 Å². The number of hydrogen-bond acceptors (Lipinski definition) is 3. The highest BCUT2D eigenvalue weighted by Crippen LogP contribution is 2.19. The van der Waals surface area contributed by atoms with Crippen LogP contribution in [0.25, 0.3) is 0 Å². The summed E-state index contributed by atoms with van der Waals surface area (Å²) in [6.07, 6.45) is 1.12. The van der Waals surface area contributed by atoms with Crippen molar-refractivity contribution < 1.29 is 19.1 Å². The van der Waals surface area contributed by atoms with Gasteiger partial charge in [0.25, 0.3) is 5.91 Å². The first-order chi connectivity index (χ1) is 9.47. The van der Waals surface area contributed by atoms with E-state index in [0.29, 0.717) is 4.47 Å². The highest BCUT2D eigenvalue weighted by molar-refractivity contribution is 9.10. The van der Waals surface area contributed by atoms with Gasteiger partial charge in [0.2, 0.25) is 0 Å². The molecule has 7 heteroatoms. The second kappa shape index (κ2) is 5.79. The smallest absolute Gasteiger partial charge is 0.354 e. The van der Waals surface area contributed by atoms with Crippen molar-refractivity contribution in [3.05, 3.63) is 58.1 Å². The molecule has 20 heavy (non-hydrogen) atoms. The predicted molar refractivity (Wildman–Crippen MR) is 73.2 cm³/mol. The quantitative estimate of drug-likeness (QED) is 0.901. The standard InChI is InChI=1S/C13H8BrFN2O3/c14-8-2-4-10(9(15)5-8)17-12(18)7-1-3-11(13(19)20)16-6-7/h1-6H,(H,17,18)(H,19,20). The maximum absolute atomic E-state index is 13.6. The minimum absolute atomic E-state index is 0.0283. The van der Waals surface area contributed by atoms with Gasteiger partial charge in [0, 0.05) is 10.7 Å². The second-order valence-electron chi connectivity index (χ2n) is 3.82. The van der Waals surface area contributed by atoms with E-state index in [1.54, 1.807) is 6.07 Å². The first-order valence-electron chi connectivity index (χ1n) is 5.43. The molecule has 0 bridgehead atoms. The molecule has 0 spiro atoms. The van der Waals surface area contributed by atoms with Gasteiger partial charge in [-0.05, 0) is 30.3 Å². The van der Waals surface area contributed by atoms with E-state index in [1.807, 2.05) is 0 Å². The number of nitrogens with one attached hydrogen (secondary N) is 1. The average Bonchev–Trinajstić information content (AvgIpc) is 2.42. The van der Waals surface area contributed by atoms with Crippen LogP contribution in [-0.2, 0) is 0 Å². The Balaban J connectivity index is 2.17. The van der Waals surface area contributed by atoms with E-state index < -0.39 is 17.7 Å². The minimum atomic E-state index is -1.18. The van der Waals surface area contributed by atoms with E-state index in [4.69, 9.17) is 5.11 Å². The van der Waals surface area contributed by atoms with Gasteiger partial charge in [-0.2, -0.15) is 0 Å². The summed E-state index contributed by atoms with van der Waals surface area (Å²) >= 11 is 3.11. The van der Waals surface area contributed by atoms with Gasteiger partial charge < -0.3 is 10.4 Å². The molecule has 0 aliphatic rings. The van der Waals surface area contributed by atoms with Crippen molar-refractivity contribution in [3.63, 3.8) is 0 Å². The SMILES string of the molecule is O=C(Nc1ccc(Br)cc1F)c1ccc(C(=O)O)nc1. The predicted octanol–water partition coefficient (Wildman–Crippen LogP) is 2.93. The third-order valence-electron chi connectivity index (χ3n) is 2.42. The number of carbonyl (C=O) groups excluding carboxylic acids is 1. The Morgan fingerprint density at radius 1 is 1.25 bits per heavy atom. The fourth-order valence-electron chi connectivity index (χ4n) is 1.44. The molecule has 0 radical (unpaired) electrons. The summed E-state index contributed by atoms with van der Waals surface area (Å²) < 4.78 is 14.1. The number of halogens is 2. The molecule has 0 aliphatic heterocycles. The Morgan fingerprint density at radius 2 is 2.00 bits per heavy atom. The Labute approximate surface area is 121 Å². The number of rotatable bonds is 3. The number of pyridine rings is 1. The van der Waals surface area contributed by atoms with Crippen LogP contribution in [0, 0.1) is 5.82 Å². The molecule has 0 saturated heterocycles. The number of carbonyl (C=O) groups is 2. The lowest BCUT2D eigenvalue weighted by atomic mass is 10.2. The Hall–Kier alpha value is -2.28. The number of hydrogen-bond donors (Lipinski definition) is 2. The number of anilines is 1. The normalized spacial score (nSPS) is 10.1. The van der Waals surface area contributed by atoms with Gasteiger partial charge in [0.1, 0.15) is 11.5 Å². The molecule has 5 nitrogen and oxygen atoms in total. The zero-order valence-corrected chi connectivity index (χ0v) is 11.5. The summed E-state index contributed by atoms with van der Waals surface area (Å²) in [7, 11) is 0. The zero-order valence-electron chi connectivity index (χ0n) is 9.93. The van der Waals surface area contributed by atoms with Crippen LogP contribution in [0.15, 0.2) is 41.0 Å². The van der Waals surface area contributed by atoms with E-state index in [0.717, 1.165) is 6.20 Å². The molecular weight excluding hydrogens is 331 g/mol. The van der Waals surface area contributed by atoms with Crippen LogP contribution >= 0.6 is 15.9 Å². The molecule has 1 aromatic heterocycles. The van der Waals surface area contributed by atoms with Crippen molar-refractivity contribution >= 4 is 33.5 Å². The molecule has 1 aromatic carbocycles. The average molecular weight is 339 g/mol.